The first-order valence-electron chi connectivity index (χ1n) is 10.1. The zero-order chi connectivity index (χ0) is 21.6. The van der Waals surface area contributed by atoms with Crippen molar-refractivity contribution >= 4 is 27.5 Å². The molecule has 1 amide bonds. The normalized spacial score (nSPS) is 18.2. The van der Waals surface area contributed by atoms with Crippen LogP contribution in [0.2, 0.25) is 0 Å². The second-order valence-electron chi connectivity index (χ2n) is 7.46. The lowest BCUT2D eigenvalue weighted by Crippen LogP contribution is -2.51. The van der Waals surface area contributed by atoms with Gasteiger partial charge in [0.25, 0.3) is 0 Å². The number of hydrogen-bond donors (Lipinski definition) is 2. The predicted molar refractivity (Wildman–Crippen MR) is 116 cm³/mol. The number of nitrogens with zero attached hydrogens (tertiary/aromatic N) is 3. The van der Waals surface area contributed by atoms with Crippen LogP contribution in [0.5, 0.6) is 5.75 Å². The summed E-state index contributed by atoms with van der Waals surface area (Å²) in [4.78, 5) is 20.8. The Labute approximate surface area is 184 Å². The molecule has 31 heavy (non-hydrogen) atoms. The average Bonchev–Trinajstić information content (AvgIpc) is 3.13. The minimum Gasteiger partial charge on any atom is -0.491 e. The smallest absolute Gasteiger partial charge is 0.240 e. The van der Waals surface area contributed by atoms with Crippen LogP contribution in [0.1, 0.15) is 5.01 Å². The standard InChI is InChI=1S/C21H26N4O5S/c1-15-22-18-10-17(2-3-19(18)31-15)30-13-16(26)11-24-4-6-25(7-5-24)12-20(27)23-21-14-28-8-9-29-21/h2-3,8-10,14,16,26H,4-7,11-13H2,1H3,(H,23,27)/t16-/m1/s1. The summed E-state index contributed by atoms with van der Waals surface area (Å²) in [5.74, 6) is 0.836. The second-order valence-corrected chi connectivity index (χ2v) is 8.70. The second kappa shape index (κ2) is 10.1. The van der Waals surface area contributed by atoms with Crippen molar-refractivity contribution in [3.8, 4) is 5.75 Å². The Morgan fingerprint density at radius 2 is 2.10 bits per heavy atom. The van der Waals surface area contributed by atoms with Gasteiger partial charge >= 0.3 is 0 Å². The highest BCUT2D eigenvalue weighted by molar-refractivity contribution is 7.18. The molecule has 10 heteroatoms. The molecular weight excluding hydrogens is 420 g/mol. The van der Waals surface area contributed by atoms with Gasteiger partial charge < -0.3 is 19.3 Å². The monoisotopic (exact) mass is 446 g/mol. The Morgan fingerprint density at radius 1 is 1.29 bits per heavy atom. The summed E-state index contributed by atoms with van der Waals surface area (Å²) in [5.41, 5.74) is 0.921. The number of amides is 1. The molecule has 3 heterocycles. The van der Waals surface area contributed by atoms with Gasteiger partial charge in [-0.2, -0.15) is 0 Å². The number of rotatable bonds is 8. The number of aromatic nitrogens is 1. The molecule has 166 valence electrons. The SMILES string of the molecule is Cc1nc2cc(OC[C@H](O)CN3CCN(CC(=O)NC4=COC=CO4)CC3)ccc2s1. The number of aliphatic hydroxyl groups excluding tert-OH is 1. The van der Waals surface area contributed by atoms with Crippen molar-refractivity contribution < 1.29 is 24.1 Å². The number of thiazole rings is 1. The van der Waals surface area contributed by atoms with Gasteiger partial charge in [0, 0.05) is 38.8 Å². The molecule has 1 saturated heterocycles. The van der Waals surface area contributed by atoms with E-state index in [0.717, 1.165) is 41.4 Å². The Balaban J connectivity index is 1.15. The fourth-order valence-corrected chi connectivity index (χ4v) is 4.29. The third-order valence-electron chi connectivity index (χ3n) is 4.98. The van der Waals surface area contributed by atoms with Crippen LogP contribution in [-0.2, 0) is 14.3 Å². The summed E-state index contributed by atoms with van der Waals surface area (Å²) in [6, 6.07) is 5.82. The lowest BCUT2D eigenvalue weighted by molar-refractivity contribution is -0.122. The van der Waals surface area contributed by atoms with E-state index in [4.69, 9.17) is 14.2 Å². The molecule has 0 unspecified atom stereocenters. The van der Waals surface area contributed by atoms with Crippen molar-refractivity contribution in [1.82, 2.24) is 20.1 Å². The molecule has 0 saturated carbocycles. The number of aliphatic hydroxyl groups is 1. The van der Waals surface area contributed by atoms with Gasteiger partial charge in [0.2, 0.25) is 11.8 Å². The maximum atomic E-state index is 12.1. The zero-order valence-electron chi connectivity index (χ0n) is 17.3. The molecule has 2 N–H and O–H groups in total. The minimum atomic E-state index is -0.592. The average molecular weight is 447 g/mol. The van der Waals surface area contributed by atoms with Gasteiger partial charge in [-0.05, 0) is 19.1 Å². The van der Waals surface area contributed by atoms with Crippen LogP contribution < -0.4 is 10.1 Å². The van der Waals surface area contributed by atoms with E-state index in [0.29, 0.717) is 12.3 Å². The van der Waals surface area contributed by atoms with Crippen molar-refractivity contribution in [3.63, 3.8) is 0 Å². The highest BCUT2D eigenvalue weighted by Crippen LogP contribution is 2.25. The lowest BCUT2D eigenvalue weighted by Gasteiger charge is -2.35. The fraction of sp³-hybridized carbons (Fsp3) is 0.429. The number of carbonyl (C=O) groups excluding carboxylic acids is 1. The molecule has 1 fully saturated rings. The number of carbonyl (C=O) groups is 1. The maximum absolute atomic E-state index is 12.1. The molecule has 0 radical (unpaired) electrons. The van der Waals surface area contributed by atoms with Gasteiger partial charge in [0.15, 0.2) is 6.26 Å². The van der Waals surface area contributed by atoms with E-state index in [1.54, 1.807) is 11.3 Å². The molecule has 2 aliphatic rings. The van der Waals surface area contributed by atoms with Gasteiger partial charge in [-0.3, -0.25) is 19.9 Å². The number of piperazine rings is 1. The van der Waals surface area contributed by atoms with E-state index in [9.17, 15) is 9.90 Å². The van der Waals surface area contributed by atoms with Crippen molar-refractivity contribution in [2.45, 2.75) is 13.0 Å². The first-order valence-corrected chi connectivity index (χ1v) is 11.0. The number of aryl methyl sites for hydroxylation is 1. The maximum Gasteiger partial charge on any atom is 0.240 e. The van der Waals surface area contributed by atoms with E-state index < -0.39 is 6.10 Å². The van der Waals surface area contributed by atoms with Crippen LogP contribution in [0.3, 0.4) is 0 Å². The Kier molecular flexibility index (Phi) is 7.03. The highest BCUT2D eigenvalue weighted by Gasteiger charge is 2.21. The number of benzene rings is 1. The van der Waals surface area contributed by atoms with E-state index in [1.807, 2.05) is 25.1 Å². The van der Waals surface area contributed by atoms with Crippen LogP contribution in [0.4, 0.5) is 0 Å². The summed E-state index contributed by atoms with van der Waals surface area (Å²) < 4.78 is 17.0. The van der Waals surface area contributed by atoms with Crippen LogP contribution in [-0.4, -0.2) is 77.8 Å². The molecule has 0 bridgehead atoms. The zero-order valence-corrected chi connectivity index (χ0v) is 18.1. The van der Waals surface area contributed by atoms with Gasteiger partial charge in [0.1, 0.15) is 31.0 Å². The summed E-state index contributed by atoms with van der Waals surface area (Å²) in [7, 11) is 0. The largest absolute Gasteiger partial charge is 0.491 e. The summed E-state index contributed by atoms with van der Waals surface area (Å²) in [6.07, 6.45) is 3.50. The third-order valence-corrected chi connectivity index (χ3v) is 5.93. The molecule has 1 aromatic carbocycles. The highest BCUT2D eigenvalue weighted by atomic mass is 32.1. The molecule has 1 aromatic heterocycles. The predicted octanol–water partition coefficient (Wildman–Crippen LogP) is 1.40. The van der Waals surface area contributed by atoms with Crippen LogP contribution >= 0.6 is 11.3 Å². The van der Waals surface area contributed by atoms with Gasteiger partial charge in [-0.1, -0.05) is 0 Å². The van der Waals surface area contributed by atoms with E-state index in [1.165, 1.54) is 18.8 Å². The number of hydrogen-bond acceptors (Lipinski definition) is 9. The first kappa shape index (κ1) is 21.6. The van der Waals surface area contributed by atoms with Gasteiger partial charge in [0.05, 0.1) is 21.8 Å². The minimum absolute atomic E-state index is 0.153. The fourth-order valence-electron chi connectivity index (χ4n) is 3.49. The lowest BCUT2D eigenvalue weighted by atomic mass is 10.2. The van der Waals surface area contributed by atoms with Gasteiger partial charge in [-0.15, -0.1) is 11.3 Å². The number of nitrogens with one attached hydrogen (secondary N) is 1. The molecule has 2 aliphatic heterocycles. The quantitative estimate of drug-likeness (QED) is 0.628. The van der Waals surface area contributed by atoms with Crippen molar-refractivity contribution in [3.05, 3.63) is 47.9 Å². The van der Waals surface area contributed by atoms with E-state index in [2.05, 4.69) is 20.1 Å². The molecular formula is C21H26N4O5S. The third kappa shape index (κ3) is 6.17. The molecule has 9 nitrogen and oxygen atoms in total. The molecule has 0 aliphatic carbocycles. The summed E-state index contributed by atoms with van der Waals surface area (Å²) in [6.45, 7) is 6.07. The van der Waals surface area contributed by atoms with Crippen LogP contribution in [0.25, 0.3) is 10.2 Å². The van der Waals surface area contributed by atoms with Gasteiger partial charge in [-0.25, -0.2) is 4.98 Å². The first-order chi connectivity index (χ1) is 15.0. The summed E-state index contributed by atoms with van der Waals surface area (Å²) in [5, 5.41) is 14.1. The van der Waals surface area contributed by atoms with E-state index in [-0.39, 0.29) is 24.9 Å². The molecule has 1 atom stereocenters. The van der Waals surface area contributed by atoms with E-state index >= 15 is 0 Å². The number of ether oxygens (including phenoxy) is 3. The van der Waals surface area contributed by atoms with Crippen LogP contribution in [0, 0.1) is 6.92 Å². The van der Waals surface area contributed by atoms with Crippen molar-refractivity contribution in [2.24, 2.45) is 0 Å². The molecule has 0 spiro atoms. The Bertz CT molecular complexity index is 968. The molecule has 4 rings (SSSR count). The Morgan fingerprint density at radius 3 is 2.87 bits per heavy atom. The molecule has 2 aromatic rings. The number of fused-ring (bicyclic) bond motifs is 1. The van der Waals surface area contributed by atoms with Crippen LogP contribution in [0.15, 0.2) is 42.9 Å². The van der Waals surface area contributed by atoms with Crippen molar-refractivity contribution in [1.29, 1.82) is 0 Å². The Hall–Kier alpha value is -2.66. The topological polar surface area (TPSA) is 96.4 Å². The summed E-state index contributed by atoms with van der Waals surface area (Å²) >= 11 is 1.65. The number of β-amino-alcohol motifs (C(OH)–C–C–N with tert-alkyl or cyclic N) is 1. The van der Waals surface area contributed by atoms with Crippen molar-refractivity contribution in [2.75, 3.05) is 45.9 Å².